The summed E-state index contributed by atoms with van der Waals surface area (Å²) in [6, 6.07) is 22.0. The van der Waals surface area contributed by atoms with Crippen LogP contribution >= 0.6 is 11.8 Å². The summed E-state index contributed by atoms with van der Waals surface area (Å²) in [5.74, 6) is 1.34. The van der Waals surface area contributed by atoms with Gasteiger partial charge in [-0.1, -0.05) is 44.2 Å². The number of fused-ring (bicyclic) bond motifs is 1. The molecule has 0 aromatic heterocycles. The van der Waals surface area contributed by atoms with Gasteiger partial charge >= 0.3 is 0 Å². The van der Waals surface area contributed by atoms with Crippen LogP contribution in [0.3, 0.4) is 0 Å². The number of amides is 1. The molecule has 2 aliphatic rings. The lowest BCUT2D eigenvalue weighted by molar-refractivity contribution is -0.113. The van der Waals surface area contributed by atoms with Crippen LogP contribution in [0.1, 0.15) is 30.5 Å². The lowest BCUT2D eigenvalue weighted by Crippen LogP contribution is -2.28. The van der Waals surface area contributed by atoms with Crippen LogP contribution in [-0.2, 0) is 17.6 Å². The lowest BCUT2D eigenvalue weighted by Gasteiger charge is -2.18. The van der Waals surface area contributed by atoms with E-state index in [0.29, 0.717) is 29.0 Å². The normalized spacial score (nSPS) is 17.6. The van der Waals surface area contributed by atoms with E-state index in [0.717, 1.165) is 35.5 Å². The van der Waals surface area contributed by atoms with E-state index in [1.54, 1.807) is 4.90 Å². The molecular formula is C28H26N2O3S. The van der Waals surface area contributed by atoms with Gasteiger partial charge in [0.25, 0.3) is 5.91 Å². The number of hydrogen-bond acceptors (Lipinski definition) is 5. The summed E-state index contributed by atoms with van der Waals surface area (Å²) in [5.41, 5.74) is 5.00. The Morgan fingerprint density at radius 3 is 2.21 bits per heavy atom. The number of rotatable bonds is 5. The Kier molecular flexibility index (Phi) is 6.41. The van der Waals surface area contributed by atoms with Gasteiger partial charge in [-0.2, -0.15) is 0 Å². The van der Waals surface area contributed by atoms with Gasteiger partial charge in [0.15, 0.2) is 16.7 Å². The van der Waals surface area contributed by atoms with Gasteiger partial charge in [-0.3, -0.25) is 9.69 Å². The van der Waals surface area contributed by atoms with Crippen molar-refractivity contribution in [3.05, 3.63) is 88.3 Å². The van der Waals surface area contributed by atoms with Gasteiger partial charge in [-0.15, -0.1) is 0 Å². The summed E-state index contributed by atoms with van der Waals surface area (Å²) >= 11 is 1.38. The minimum Gasteiger partial charge on any atom is -0.486 e. The zero-order valence-corrected chi connectivity index (χ0v) is 20.1. The number of hydrogen-bond donors (Lipinski definition) is 0. The number of thioether (sulfide) groups is 1. The van der Waals surface area contributed by atoms with Crippen molar-refractivity contribution in [3.8, 4) is 11.5 Å². The molecule has 2 heterocycles. The van der Waals surface area contributed by atoms with Crippen molar-refractivity contribution in [2.45, 2.75) is 26.7 Å². The molecule has 5 nitrogen and oxygen atoms in total. The molecule has 34 heavy (non-hydrogen) atoms. The zero-order chi connectivity index (χ0) is 23.5. The average molecular weight is 471 g/mol. The number of benzene rings is 3. The molecule has 0 saturated carbocycles. The minimum atomic E-state index is -0.0898. The fraction of sp³-hybridized carbons (Fsp3) is 0.214. The van der Waals surface area contributed by atoms with Gasteiger partial charge in [0, 0.05) is 0 Å². The maximum absolute atomic E-state index is 13.6. The van der Waals surface area contributed by atoms with E-state index in [2.05, 4.69) is 38.1 Å². The molecule has 0 aliphatic carbocycles. The lowest BCUT2D eigenvalue weighted by atomic mass is 10.1. The van der Waals surface area contributed by atoms with E-state index in [-0.39, 0.29) is 5.91 Å². The molecule has 172 valence electrons. The predicted molar refractivity (Wildman–Crippen MR) is 139 cm³/mol. The first-order valence-corrected chi connectivity index (χ1v) is 12.4. The number of aliphatic imine (C=N–C) groups is 1. The first-order valence-electron chi connectivity index (χ1n) is 11.5. The van der Waals surface area contributed by atoms with Crippen molar-refractivity contribution in [1.82, 2.24) is 0 Å². The number of anilines is 1. The predicted octanol–water partition coefficient (Wildman–Crippen LogP) is 6.39. The molecule has 1 amide bonds. The third kappa shape index (κ3) is 4.59. The van der Waals surface area contributed by atoms with Gasteiger partial charge < -0.3 is 9.47 Å². The Morgan fingerprint density at radius 2 is 1.53 bits per heavy atom. The number of amidine groups is 1. The van der Waals surface area contributed by atoms with Gasteiger partial charge in [0.1, 0.15) is 13.2 Å². The molecule has 5 rings (SSSR count). The Balaban J connectivity index is 1.52. The van der Waals surface area contributed by atoms with Gasteiger partial charge in [0.2, 0.25) is 0 Å². The van der Waals surface area contributed by atoms with Crippen LogP contribution < -0.4 is 14.4 Å². The second kappa shape index (κ2) is 9.77. The zero-order valence-electron chi connectivity index (χ0n) is 19.3. The molecule has 2 aliphatic heterocycles. The maximum Gasteiger partial charge on any atom is 0.271 e. The quantitative estimate of drug-likeness (QED) is 0.405. The topological polar surface area (TPSA) is 51.1 Å². The van der Waals surface area contributed by atoms with Crippen molar-refractivity contribution in [2.24, 2.45) is 4.99 Å². The molecule has 0 bridgehead atoms. The van der Waals surface area contributed by atoms with Crippen molar-refractivity contribution in [1.29, 1.82) is 0 Å². The summed E-state index contributed by atoms with van der Waals surface area (Å²) in [6.45, 7) is 5.32. The monoisotopic (exact) mass is 470 g/mol. The van der Waals surface area contributed by atoms with Crippen LogP contribution in [0.4, 0.5) is 11.4 Å². The van der Waals surface area contributed by atoms with E-state index in [9.17, 15) is 4.79 Å². The van der Waals surface area contributed by atoms with E-state index in [1.165, 1.54) is 22.9 Å². The maximum atomic E-state index is 13.6. The molecule has 3 aromatic rings. The minimum absolute atomic E-state index is 0.0898. The summed E-state index contributed by atoms with van der Waals surface area (Å²) in [7, 11) is 0. The van der Waals surface area contributed by atoms with Crippen molar-refractivity contribution in [3.63, 3.8) is 0 Å². The second-order valence-electron chi connectivity index (χ2n) is 8.09. The van der Waals surface area contributed by atoms with Crippen LogP contribution in [0.2, 0.25) is 0 Å². The Morgan fingerprint density at radius 1 is 0.882 bits per heavy atom. The van der Waals surface area contributed by atoms with Crippen molar-refractivity contribution in [2.75, 3.05) is 18.1 Å². The van der Waals surface area contributed by atoms with Gasteiger partial charge in [0.05, 0.1) is 16.3 Å². The number of nitrogens with zero attached hydrogens (tertiary/aromatic N) is 2. The molecule has 0 unspecified atom stereocenters. The molecule has 1 fully saturated rings. The summed E-state index contributed by atoms with van der Waals surface area (Å²) in [5, 5.41) is 0.641. The van der Waals surface area contributed by atoms with Gasteiger partial charge in [-0.05, 0) is 83.8 Å². The smallest absolute Gasteiger partial charge is 0.271 e. The number of aryl methyl sites for hydroxylation is 2. The fourth-order valence-corrected chi connectivity index (χ4v) is 4.88. The average Bonchev–Trinajstić information content (AvgIpc) is 3.18. The highest BCUT2D eigenvalue weighted by Gasteiger charge is 2.34. The SMILES string of the molecule is CCc1ccc(N=C2S/C(=C\c3ccc4c(c3)OCCO4)C(=O)N2c2ccc(CC)cc2)cc1. The molecule has 0 radical (unpaired) electrons. The Bertz CT molecular complexity index is 1260. The number of carbonyl (C=O) groups is 1. The Labute approximate surface area is 204 Å². The van der Waals surface area contributed by atoms with E-state index >= 15 is 0 Å². The fourth-order valence-electron chi connectivity index (χ4n) is 3.87. The Hall–Kier alpha value is -3.51. The van der Waals surface area contributed by atoms with E-state index in [4.69, 9.17) is 14.5 Å². The van der Waals surface area contributed by atoms with Crippen LogP contribution in [0, 0.1) is 0 Å². The molecular weight excluding hydrogens is 444 g/mol. The van der Waals surface area contributed by atoms with Crippen LogP contribution in [0.15, 0.2) is 76.6 Å². The molecule has 0 atom stereocenters. The first kappa shape index (κ1) is 22.3. The highest BCUT2D eigenvalue weighted by atomic mass is 32.2. The van der Waals surface area contributed by atoms with Crippen LogP contribution in [0.25, 0.3) is 6.08 Å². The van der Waals surface area contributed by atoms with Crippen LogP contribution in [0.5, 0.6) is 11.5 Å². The highest BCUT2D eigenvalue weighted by Crippen LogP contribution is 2.39. The molecule has 0 spiro atoms. The standard InChI is InChI=1S/C28H26N2O3S/c1-3-19-5-10-22(11-6-19)29-28-30(23-12-7-20(4-2)8-13-23)27(31)26(34-28)18-21-9-14-24-25(17-21)33-16-15-32-24/h5-14,17-18H,3-4,15-16H2,1-2H3/b26-18-,29-28?. The van der Waals surface area contributed by atoms with Crippen molar-refractivity contribution < 1.29 is 14.3 Å². The molecule has 1 saturated heterocycles. The third-order valence-corrected chi connectivity index (χ3v) is 6.81. The van der Waals surface area contributed by atoms with E-state index in [1.807, 2.05) is 48.5 Å². The molecule has 3 aromatic carbocycles. The number of ether oxygens (including phenoxy) is 2. The summed E-state index contributed by atoms with van der Waals surface area (Å²) in [6.07, 6.45) is 3.81. The van der Waals surface area contributed by atoms with Gasteiger partial charge in [-0.25, -0.2) is 4.99 Å². The highest BCUT2D eigenvalue weighted by molar-refractivity contribution is 8.19. The van der Waals surface area contributed by atoms with Crippen molar-refractivity contribution >= 4 is 40.3 Å². The largest absolute Gasteiger partial charge is 0.486 e. The number of carbonyl (C=O) groups excluding carboxylic acids is 1. The summed E-state index contributed by atoms with van der Waals surface area (Å²) < 4.78 is 11.3. The first-order chi connectivity index (χ1) is 16.6. The molecule has 0 N–H and O–H groups in total. The summed E-state index contributed by atoms with van der Waals surface area (Å²) in [4.78, 5) is 20.7. The third-order valence-electron chi connectivity index (χ3n) is 5.84. The second-order valence-corrected chi connectivity index (χ2v) is 9.10. The van der Waals surface area contributed by atoms with E-state index < -0.39 is 0 Å². The van der Waals surface area contributed by atoms with Crippen LogP contribution in [-0.4, -0.2) is 24.3 Å². The molecule has 6 heteroatoms.